The van der Waals surface area contributed by atoms with Gasteiger partial charge in [0.05, 0.1) is 11.0 Å². The van der Waals surface area contributed by atoms with Crippen molar-refractivity contribution < 1.29 is 4.42 Å². The molecule has 2 nitrogen and oxygen atoms in total. The lowest BCUT2D eigenvalue weighted by atomic mass is 9.95. The normalized spacial score (nSPS) is 11.9. The molecule has 6 aromatic carbocycles. The maximum Gasteiger partial charge on any atom is 0.136 e. The summed E-state index contributed by atoms with van der Waals surface area (Å²) in [6, 6.07) is 43.1. The zero-order valence-corrected chi connectivity index (χ0v) is 19.5. The summed E-state index contributed by atoms with van der Waals surface area (Å²) in [5.41, 5.74) is 8.99. The third-order valence-corrected chi connectivity index (χ3v) is 7.42. The van der Waals surface area contributed by atoms with Crippen molar-refractivity contribution in [1.29, 1.82) is 0 Å². The van der Waals surface area contributed by atoms with Crippen molar-refractivity contribution in [2.45, 2.75) is 0 Å². The highest BCUT2D eigenvalue weighted by molar-refractivity contribution is 6.19. The van der Waals surface area contributed by atoms with Crippen molar-refractivity contribution in [3.63, 3.8) is 0 Å². The van der Waals surface area contributed by atoms with Gasteiger partial charge in [-0.25, -0.2) is 0 Å². The Bertz CT molecular complexity index is 2110. The number of aromatic amines is 1. The van der Waals surface area contributed by atoms with Gasteiger partial charge in [0.15, 0.2) is 0 Å². The van der Waals surface area contributed by atoms with Crippen LogP contribution in [0.5, 0.6) is 0 Å². The number of benzene rings is 6. The second-order valence-corrected chi connectivity index (χ2v) is 9.42. The van der Waals surface area contributed by atoms with Crippen LogP contribution in [0.25, 0.3) is 76.8 Å². The number of hydrogen-bond donors (Lipinski definition) is 1. The van der Waals surface area contributed by atoms with Crippen molar-refractivity contribution >= 4 is 54.5 Å². The molecule has 0 radical (unpaired) electrons. The number of aromatic nitrogens is 1. The summed E-state index contributed by atoms with van der Waals surface area (Å²) in [6.45, 7) is 0. The molecule has 0 aliphatic carbocycles. The van der Waals surface area contributed by atoms with Crippen LogP contribution in [0, 0.1) is 0 Å². The predicted octanol–water partition coefficient (Wildman–Crippen LogP) is 9.71. The van der Waals surface area contributed by atoms with Gasteiger partial charge in [-0.3, -0.25) is 0 Å². The summed E-state index contributed by atoms with van der Waals surface area (Å²) in [4.78, 5) is 3.78. The average molecular weight is 460 g/mol. The zero-order valence-electron chi connectivity index (χ0n) is 19.5. The number of nitrogens with one attached hydrogen (secondary N) is 1. The maximum atomic E-state index is 6.15. The molecule has 0 atom stereocenters. The Hall–Kier alpha value is -4.82. The molecule has 8 rings (SSSR count). The number of rotatable bonds is 2. The van der Waals surface area contributed by atoms with E-state index in [1.54, 1.807) is 0 Å². The smallest absolute Gasteiger partial charge is 0.136 e. The zero-order chi connectivity index (χ0) is 23.6. The standard InChI is InChI=1S/C34H21NO/c1-2-11-25-21(8-1)18-19-28-27-15-6-14-26(34(27)35-33(25)28)23-10-5-9-22(20-23)24-13-7-17-31-32(24)29-12-3-4-16-30(29)36-31/h1-20,35H. The van der Waals surface area contributed by atoms with E-state index in [1.807, 2.05) is 12.1 Å². The molecule has 2 heterocycles. The molecule has 0 fully saturated rings. The van der Waals surface area contributed by atoms with Gasteiger partial charge in [-0.2, -0.15) is 0 Å². The molecular formula is C34H21NO. The topological polar surface area (TPSA) is 28.9 Å². The summed E-state index contributed by atoms with van der Waals surface area (Å²) < 4.78 is 6.15. The monoisotopic (exact) mass is 459 g/mol. The first-order valence-electron chi connectivity index (χ1n) is 12.3. The lowest BCUT2D eigenvalue weighted by molar-refractivity contribution is 0.669. The summed E-state index contributed by atoms with van der Waals surface area (Å²) >= 11 is 0. The van der Waals surface area contributed by atoms with Crippen LogP contribution in [0.4, 0.5) is 0 Å². The predicted molar refractivity (Wildman–Crippen MR) is 151 cm³/mol. The fourth-order valence-corrected chi connectivity index (χ4v) is 5.78. The Morgan fingerprint density at radius 1 is 0.444 bits per heavy atom. The van der Waals surface area contributed by atoms with Crippen molar-refractivity contribution in [2.75, 3.05) is 0 Å². The Labute approximate surface area is 207 Å². The van der Waals surface area contributed by atoms with Gasteiger partial charge < -0.3 is 9.40 Å². The van der Waals surface area contributed by atoms with Gasteiger partial charge in [-0.1, -0.05) is 103 Å². The van der Waals surface area contributed by atoms with Crippen molar-refractivity contribution in [3.05, 3.63) is 121 Å². The molecule has 2 heteroatoms. The van der Waals surface area contributed by atoms with E-state index in [9.17, 15) is 0 Å². The molecule has 0 spiro atoms. The largest absolute Gasteiger partial charge is 0.456 e. The number of furan rings is 1. The molecule has 1 N–H and O–H groups in total. The molecule has 0 saturated heterocycles. The molecule has 0 amide bonds. The first-order chi connectivity index (χ1) is 17.8. The number of para-hydroxylation sites is 2. The van der Waals surface area contributed by atoms with Gasteiger partial charge in [-0.15, -0.1) is 0 Å². The molecule has 168 valence electrons. The molecule has 2 aromatic heterocycles. The summed E-state index contributed by atoms with van der Waals surface area (Å²) in [6.07, 6.45) is 0. The van der Waals surface area contributed by atoms with Crippen LogP contribution in [-0.2, 0) is 0 Å². The van der Waals surface area contributed by atoms with Crippen LogP contribution in [0.15, 0.2) is 126 Å². The van der Waals surface area contributed by atoms with E-state index in [1.165, 1.54) is 60.2 Å². The number of H-pyrrole nitrogens is 1. The molecule has 0 unspecified atom stereocenters. The van der Waals surface area contributed by atoms with Crippen LogP contribution >= 0.6 is 0 Å². The fourth-order valence-electron chi connectivity index (χ4n) is 5.78. The van der Waals surface area contributed by atoms with E-state index in [2.05, 4.69) is 114 Å². The molecule has 0 bridgehead atoms. The van der Waals surface area contributed by atoms with Gasteiger partial charge >= 0.3 is 0 Å². The minimum Gasteiger partial charge on any atom is -0.456 e. The van der Waals surface area contributed by atoms with E-state index < -0.39 is 0 Å². The van der Waals surface area contributed by atoms with Crippen molar-refractivity contribution in [3.8, 4) is 22.3 Å². The second-order valence-electron chi connectivity index (χ2n) is 9.42. The minimum atomic E-state index is 0.920. The molecular weight excluding hydrogens is 438 g/mol. The average Bonchev–Trinajstić information content (AvgIpc) is 3.52. The van der Waals surface area contributed by atoms with Gasteiger partial charge in [0.25, 0.3) is 0 Å². The second kappa shape index (κ2) is 7.34. The number of fused-ring (bicyclic) bond motifs is 8. The summed E-state index contributed by atoms with van der Waals surface area (Å²) in [7, 11) is 0. The first kappa shape index (κ1) is 19.5. The van der Waals surface area contributed by atoms with Crippen molar-refractivity contribution in [2.24, 2.45) is 0 Å². The van der Waals surface area contributed by atoms with Gasteiger partial charge in [-0.05, 0) is 40.3 Å². The van der Waals surface area contributed by atoms with E-state index in [-0.39, 0.29) is 0 Å². The highest BCUT2D eigenvalue weighted by atomic mass is 16.3. The Morgan fingerprint density at radius 2 is 1.11 bits per heavy atom. The van der Waals surface area contributed by atoms with Gasteiger partial charge in [0.1, 0.15) is 11.2 Å². The Balaban J connectivity index is 1.37. The number of hydrogen-bond acceptors (Lipinski definition) is 1. The van der Waals surface area contributed by atoms with Crippen LogP contribution in [0.2, 0.25) is 0 Å². The van der Waals surface area contributed by atoms with E-state index in [4.69, 9.17) is 4.42 Å². The van der Waals surface area contributed by atoms with E-state index in [0.717, 1.165) is 16.6 Å². The SMILES string of the molecule is c1cc(-c2cccc3c2[nH]c2c4ccccc4ccc32)cc(-c2cccc3oc4ccccc4c23)c1. The highest BCUT2D eigenvalue weighted by Crippen LogP contribution is 2.40. The van der Waals surface area contributed by atoms with Gasteiger partial charge in [0.2, 0.25) is 0 Å². The van der Waals surface area contributed by atoms with Crippen LogP contribution in [0.1, 0.15) is 0 Å². The lowest BCUT2D eigenvalue weighted by Crippen LogP contribution is -1.84. The third kappa shape index (κ3) is 2.73. The first-order valence-corrected chi connectivity index (χ1v) is 12.3. The van der Waals surface area contributed by atoms with Crippen LogP contribution < -0.4 is 0 Å². The molecule has 0 saturated carbocycles. The van der Waals surface area contributed by atoms with E-state index >= 15 is 0 Å². The quantitative estimate of drug-likeness (QED) is 0.274. The molecule has 0 aliphatic rings. The third-order valence-electron chi connectivity index (χ3n) is 7.42. The highest BCUT2D eigenvalue weighted by Gasteiger charge is 2.15. The fraction of sp³-hybridized carbons (Fsp3) is 0. The minimum absolute atomic E-state index is 0.920. The molecule has 0 aliphatic heterocycles. The van der Waals surface area contributed by atoms with E-state index in [0.29, 0.717) is 0 Å². The summed E-state index contributed by atoms with van der Waals surface area (Å²) in [5, 5.41) is 7.33. The maximum absolute atomic E-state index is 6.15. The molecule has 8 aromatic rings. The van der Waals surface area contributed by atoms with Crippen LogP contribution in [0.3, 0.4) is 0 Å². The Morgan fingerprint density at radius 3 is 2.06 bits per heavy atom. The molecule has 36 heavy (non-hydrogen) atoms. The van der Waals surface area contributed by atoms with Crippen molar-refractivity contribution in [1.82, 2.24) is 4.98 Å². The summed E-state index contributed by atoms with van der Waals surface area (Å²) in [5.74, 6) is 0. The van der Waals surface area contributed by atoms with Crippen LogP contribution in [-0.4, -0.2) is 4.98 Å². The van der Waals surface area contributed by atoms with Gasteiger partial charge in [0, 0.05) is 32.5 Å². The Kier molecular flexibility index (Phi) is 3.97. The lowest BCUT2D eigenvalue weighted by Gasteiger charge is -2.09.